The van der Waals surface area contributed by atoms with Gasteiger partial charge in [0, 0.05) is 0 Å². The maximum atomic E-state index is 3.36. The lowest BCUT2D eigenvalue weighted by Crippen LogP contribution is -2.27. The molecule has 1 fully saturated rings. The van der Waals surface area contributed by atoms with Crippen molar-refractivity contribution >= 4 is 0 Å². The maximum absolute atomic E-state index is 3.36. The second-order valence-corrected chi connectivity index (χ2v) is 3.01. The minimum atomic E-state index is 1.02. The van der Waals surface area contributed by atoms with Crippen LogP contribution < -0.4 is 5.32 Å². The second-order valence-electron chi connectivity index (χ2n) is 3.01. The lowest BCUT2D eigenvalue weighted by atomic mass is 9.96. The third-order valence-electron chi connectivity index (χ3n) is 2.04. The maximum Gasteiger partial charge on any atom is -0.00463 e. The summed E-state index contributed by atoms with van der Waals surface area (Å²) in [5.41, 5.74) is 0. The molecule has 1 rings (SSSR count). The lowest BCUT2D eigenvalue weighted by Gasteiger charge is -2.20. The molecule has 0 atom stereocenters. The van der Waals surface area contributed by atoms with Crippen LogP contribution in [0.15, 0.2) is 12.7 Å². The van der Waals surface area contributed by atoms with Gasteiger partial charge in [-0.3, -0.25) is 0 Å². The molecule has 0 spiro atoms. The van der Waals surface area contributed by atoms with E-state index in [0.717, 1.165) is 5.92 Å². The fraction of sp³-hybridized carbons (Fsp3) is 0.833. The van der Waals surface area contributed by atoms with Crippen LogP contribution in [-0.4, -0.2) is 13.1 Å². The summed E-state index contributed by atoms with van der Waals surface area (Å²) in [5, 5.41) is 3.35. The van der Waals surface area contributed by atoms with Gasteiger partial charge in [-0.05, 0) is 38.8 Å². The third kappa shape index (κ3) is 11.7. The van der Waals surface area contributed by atoms with Crippen molar-refractivity contribution < 1.29 is 0 Å². The molecule has 1 heterocycles. The molecule has 1 aliphatic rings. The van der Waals surface area contributed by atoms with Crippen molar-refractivity contribution in [3.8, 4) is 0 Å². The Labute approximate surface area is 84.6 Å². The number of piperidine rings is 1. The first kappa shape index (κ1) is 15.2. The Bertz CT molecular complexity index is 83.1. The lowest BCUT2D eigenvalue weighted by molar-refractivity contribution is 0.365. The molecule has 0 aromatic carbocycles. The Morgan fingerprint density at radius 2 is 1.69 bits per heavy atom. The van der Waals surface area contributed by atoms with Crippen molar-refractivity contribution in [2.24, 2.45) is 5.92 Å². The molecule has 0 radical (unpaired) electrons. The van der Waals surface area contributed by atoms with Crippen LogP contribution in [0.2, 0.25) is 0 Å². The average Bonchev–Trinajstić information content (AvgIpc) is 2.23. The third-order valence-corrected chi connectivity index (χ3v) is 2.04. The van der Waals surface area contributed by atoms with Crippen molar-refractivity contribution in [1.29, 1.82) is 0 Å². The summed E-state index contributed by atoms with van der Waals surface area (Å²) in [6, 6.07) is 0. The molecular formula is C12H27N. The first-order chi connectivity index (χ1) is 6.35. The predicted molar refractivity (Wildman–Crippen MR) is 63.1 cm³/mol. The van der Waals surface area contributed by atoms with Gasteiger partial charge in [-0.1, -0.05) is 33.3 Å². The minimum Gasteiger partial charge on any atom is -0.317 e. The molecule has 1 N–H and O–H groups in total. The first-order valence-electron chi connectivity index (χ1n) is 5.62. The highest BCUT2D eigenvalue weighted by Crippen LogP contribution is 2.13. The van der Waals surface area contributed by atoms with Gasteiger partial charge in [-0.25, -0.2) is 0 Å². The quantitative estimate of drug-likeness (QED) is 0.615. The first-order valence-corrected chi connectivity index (χ1v) is 5.62. The topological polar surface area (TPSA) is 12.0 Å². The number of rotatable bonds is 1. The van der Waals surface area contributed by atoms with Crippen LogP contribution in [0.3, 0.4) is 0 Å². The average molecular weight is 185 g/mol. The molecule has 0 saturated carbocycles. The van der Waals surface area contributed by atoms with E-state index >= 15 is 0 Å². The number of allylic oxidation sites excluding steroid dienone is 1. The Balaban J connectivity index is 0. The van der Waals surface area contributed by atoms with Crippen LogP contribution in [0.4, 0.5) is 0 Å². The van der Waals surface area contributed by atoms with Crippen LogP contribution in [0.25, 0.3) is 0 Å². The van der Waals surface area contributed by atoms with Crippen molar-refractivity contribution in [3.05, 3.63) is 12.7 Å². The largest absolute Gasteiger partial charge is 0.317 e. The van der Waals surface area contributed by atoms with Crippen LogP contribution in [-0.2, 0) is 0 Å². The second kappa shape index (κ2) is 14.2. The number of nitrogens with one attached hydrogen (secondary N) is 1. The van der Waals surface area contributed by atoms with Crippen LogP contribution in [0.1, 0.15) is 47.0 Å². The smallest absolute Gasteiger partial charge is 0.00463 e. The molecule has 0 aromatic heterocycles. The molecule has 1 heteroatoms. The van der Waals surface area contributed by atoms with Gasteiger partial charge in [-0.2, -0.15) is 0 Å². The van der Waals surface area contributed by atoms with E-state index < -0.39 is 0 Å². The Hall–Kier alpha value is -0.300. The van der Waals surface area contributed by atoms with Crippen molar-refractivity contribution in [2.75, 3.05) is 13.1 Å². The highest BCUT2D eigenvalue weighted by atomic mass is 14.9. The van der Waals surface area contributed by atoms with Crippen LogP contribution in [0, 0.1) is 5.92 Å². The van der Waals surface area contributed by atoms with Gasteiger partial charge in [0.05, 0.1) is 0 Å². The van der Waals surface area contributed by atoms with E-state index in [2.05, 4.69) is 18.8 Å². The molecule has 0 unspecified atom stereocenters. The number of hydrogen-bond acceptors (Lipinski definition) is 1. The van der Waals surface area contributed by atoms with E-state index in [1.807, 2.05) is 20.8 Å². The SMILES string of the molecule is C=CC.CC.CCC1CCNCC1. The van der Waals surface area contributed by atoms with Crippen molar-refractivity contribution in [1.82, 2.24) is 5.32 Å². The van der Waals surface area contributed by atoms with E-state index in [0.29, 0.717) is 0 Å². The summed E-state index contributed by atoms with van der Waals surface area (Å²) in [6.45, 7) is 14.0. The zero-order valence-electron chi connectivity index (χ0n) is 9.90. The summed E-state index contributed by atoms with van der Waals surface area (Å²) in [7, 11) is 0. The number of hydrogen-bond donors (Lipinski definition) is 1. The molecule has 0 amide bonds. The van der Waals surface area contributed by atoms with Crippen LogP contribution >= 0.6 is 0 Å². The van der Waals surface area contributed by atoms with Gasteiger partial charge in [0.2, 0.25) is 0 Å². The van der Waals surface area contributed by atoms with Crippen molar-refractivity contribution in [3.63, 3.8) is 0 Å². The van der Waals surface area contributed by atoms with E-state index in [9.17, 15) is 0 Å². The van der Waals surface area contributed by atoms with Crippen LogP contribution in [0.5, 0.6) is 0 Å². The molecule has 1 nitrogen and oxygen atoms in total. The van der Waals surface area contributed by atoms with Gasteiger partial charge >= 0.3 is 0 Å². The minimum absolute atomic E-state index is 1.02. The van der Waals surface area contributed by atoms with Gasteiger partial charge in [0.15, 0.2) is 0 Å². The molecule has 0 aromatic rings. The van der Waals surface area contributed by atoms with E-state index in [4.69, 9.17) is 0 Å². The molecule has 1 saturated heterocycles. The Morgan fingerprint density at radius 1 is 1.31 bits per heavy atom. The zero-order valence-corrected chi connectivity index (χ0v) is 9.90. The normalized spacial score (nSPS) is 16.0. The highest BCUT2D eigenvalue weighted by molar-refractivity contribution is 4.66. The summed E-state index contributed by atoms with van der Waals surface area (Å²) in [5.74, 6) is 1.02. The Kier molecular flexibility index (Phi) is 16.6. The molecule has 80 valence electrons. The summed E-state index contributed by atoms with van der Waals surface area (Å²) in [4.78, 5) is 0. The molecule has 13 heavy (non-hydrogen) atoms. The fourth-order valence-corrected chi connectivity index (χ4v) is 1.29. The van der Waals surface area contributed by atoms with Gasteiger partial charge in [0.1, 0.15) is 0 Å². The van der Waals surface area contributed by atoms with Gasteiger partial charge in [-0.15, -0.1) is 6.58 Å². The van der Waals surface area contributed by atoms with E-state index in [1.165, 1.54) is 32.4 Å². The van der Waals surface area contributed by atoms with Gasteiger partial charge < -0.3 is 5.32 Å². The van der Waals surface area contributed by atoms with Gasteiger partial charge in [0.25, 0.3) is 0 Å². The summed E-state index contributed by atoms with van der Waals surface area (Å²) in [6.07, 6.45) is 5.93. The van der Waals surface area contributed by atoms with E-state index in [1.54, 1.807) is 6.08 Å². The standard InChI is InChI=1S/C7H15N.C3H6.C2H6/c1-2-7-3-5-8-6-4-7;1-3-2;1-2/h7-8H,2-6H2,1H3;3H,1H2,2H3;1-2H3. The molecule has 1 aliphatic heterocycles. The summed E-state index contributed by atoms with van der Waals surface area (Å²) < 4.78 is 0. The molecular weight excluding hydrogens is 158 g/mol. The highest BCUT2D eigenvalue weighted by Gasteiger charge is 2.08. The van der Waals surface area contributed by atoms with E-state index in [-0.39, 0.29) is 0 Å². The summed E-state index contributed by atoms with van der Waals surface area (Å²) >= 11 is 0. The van der Waals surface area contributed by atoms with Crippen molar-refractivity contribution in [2.45, 2.75) is 47.0 Å². The Morgan fingerprint density at radius 3 is 1.92 bits per heavy atom. The monoisotopic (exact) mass is 185 g/mol. The fourth-order valence-electron chi connectivity index (χ4n) is 1.29. The molecule has 0 aliphatic carbocycles. The molecule has 0 bridgehead atoms. The zero-order chi connectivity index (χ0) is 10.5. The predicted octanol–water partition coefficient (Wildman–Crippen LogP) is 3.61.